The molecule has 0 radical (unpaired) electrons. The van der Waals surface area contributed by atoms with Gasteiger partial charge >= 0.3 is 0 Å². The third-order valence-corrected chi connectivity index (χ3v) is 7.09. The lowest BCUT2D eigenvalue weighted by molar-refractivity contribution is -0.116. The Morgan fingerprint density at radius 3 is 2.31 bits per heavy atom. The van der Waals surface area contributed by atoms with Crippen molar-refractivity contribution in [3.05, 3.63) is 54.1 Å². The minimum atomic E-state index is -3.41. The lowest BCUT2D eigenvalue weighted by Gasteiger charge is -2.25. The van der Waals surface area contributed by atoms with Crippen molar-refractivity contribution in [2.75, 3.05) is 37.4 Å². The summed E-state index contributed by atoms with van der Waals surface area (Å²) in [5, 5.41) is 2.96. The molecule has 2 aromatic rings. The number of carbonyl (C=O) groups is 1. The molecule has 0 aliphatic carbocycles. The Morgan fingerprint density at radius 1 is 1.00 bits per heavy atom. The van der Waals surface area contributed by atoms with E-state index < -0.39 is 10.0 Å². The van der Waals surface area contributed by atoms with E-state index in [2.05, 4.69) is 5.32 Å². The maximum absolute atomic E-state index is 12.7. The molecule has 0 saturated carbocycles. The molecule has 1 aliphatic rings. The summed E-state index contributed by atoms with van der Waals surface area (Å²) in [6.07, 6.45) is 3.82. The van der Waals surface area contributed by atoms with Gasteiger partial charge in [0.25, 0.3) is 0 Å². The van der Waals surface area contributed by atoms with Crippen LogP contribution in [0.2, 0.25) is 0 Å². The second kappa shape index (κ2) is 9.41. The van der Waals surface area contributed by atoms with Crippen molar-refractivity contribution in [2.24, 2.45) is 0 Å². The van der Waals surface area contributed by atoms with Gasteiger partial charge in [-0.25, -0.2) is 8.42 Å². The van der Waals surface area contributed by atoms with Gasteiger partial charge in [0.1, 0.15) is 0 Å². The summed E-state index contributed by atoms with van der Waals surface area (Å²) in [7, 11) is 0.456. The van der Waals surface area contributed by atoms with Crippen LogP contribution >= 0.6 is 0 Å². The van der Waals surface area contributed by atoms with Gasteiger partial charge in [0.05, 0.1) is 16.3 Å². The third-order valence-electron chi connectivity index (χ3n) is 5.18. The molecule has 29 heavy (non-hydrogen) atoms. The SMILES string of the molecule is CN(C)c1ccccc1NC(=O)CCc1ccc(S(=O)(=O)N2CCCCC2)cc1. The molecule has 1 amide bonds. The molecule has 1 N–H and O–H groups in total. The molecular formula is C22H29N3O3S. The minimum absolute atomic E-state index is 0.0654. The molecule has 1 fully saturated rings. The second-order valence-electron chi connectivity index (χ2n) is 7.57. The molecule has 6 nitrogen and oxygen atoms in total. The Hall–Kier alpha value is -2.38. The summed E-state index contributed by atoms with van der Waals surface area (Å²) < 4.78 is 27.0. The fraction of sp³-hybridized carbons (Fsp3) is 0.409. The molecule has 0 spiro atoms. The number of nitrogens with one attached hydrogen (secondary N) is 1. The van der Waals surface area contributed by atoms with Crippen molar-refractivity contribution in [2.45, 2.75) is 37.0 Å². The number of aryl methyl sites for hydroxylation is 1. The lowest BCUT2D eigenvalue weighted by atomic mass is 10.1. The number of rotatable bonds is 7. The standard InChI is InChI=1S/C22H29N3O3S/c1-24(2)21-9-5-4-8-20(21)23-22(26)15-12-18-10-13-19(14-11-18)29(27,28)25-16-6-3-7-17-25/h4-5,8-11,13-14H,3,6-7,12,15-17H2,1-2H3,(H,23,26). The predicted octanol–water partition coefficient (Wildman–Crippen LogP) is 3.50. The monoisotopic (exact) mass is 415 g/mol. The van der Waals surface area contributed by atoms with Crippen molar-refractivity contribution in [1.82, 2.24) is 4.31 Å². The molecule has 0 atom stereocenters. The summed E-state index contributed by atoms with van der Waals surface area (Å²) in [6.45, 7) is 1.19. The smallest absolute Gasteiger partial charge is 0.243 e. The summed E-state index contributed by atoms with van der Waals surface area (Å²) in [5.41, 5.74) is 2.68. The lowest BCUT2D eigenvalue weighted by Crippen LogP contribution is -2.35. The number of piperidine rings is 1. The summed E-state index contributed by atoms with van der Waals surface area (Å²) in [6, 6.07) is 14.6. The topological polar surface area (TPSA) is 69.7 Å². The number of para-hydroxylation sites is 2. The predicted molar refractivity (Wildman–Crippen MR) is 117 cm³/mol. The number of hydrogen-bond acceptors (Lipinski definition) is 4. The maximum atomic E-state index is 12.7. The first-order valence-corrected chi connectivity index (χ1v) is 11.5. The Morgan fingerprint density at radius 2 is 1.66 bits per heavy atom. The zero-order valence-corrected chi connectivity index (χ0v) is 17.9. The Labute approximate surface area is 173 Å². The number of carbonyl (C=O) groups excluding carboxylic acids is 1. The van der Waals surface area contributed by atoms with E-state index in [1.165, 1.54) is 0 Å². The fourth-order valence-electron chi connectivity index (χ4n) is 3.52. The van der Waals surface area contributed by atoms with E-state index in [9.17, 15) is 13.2 Å². The minimum Gasteiger partial charge on any atom is -0.376 e. The molecular weight excluding hydrogens is 386 g/mol. The van der Waals surface area contributed by atoms with E-state index in [4.69, 9.17) is 0 Å². The van der Waals surface area contributed by atoms with E-state index in [0.29, 0.717) is 30.8 Å². The van der Waals surface area contributed by atoms with E-state index in [0.717, 1.165) is 36.2 Å². The Balaban J connectivity index is 1.58. The van der Waals surface area contributed by atoms with Gasteiger partial charge in [0.2, 0.25) is 15.9 Å². The van der Waals surface area contributed by atoms with Gasteiger partial charge in [-0.1, -0.05) is 30.7 Å². The highest BCUT2D eigenvalue weighted by atomic mass is 32.2. The van der Waals surface area contributed by atoms with E-state index >= 15 is 0 Å². The number of nitrogens with zero attached hydrogens (tertiary/aromatic N) is 2. The van der Waals surface area contributed by atoms with Gasteiger partial charge in [0, 0.05) is 33.6 Å². The zero-order valence-electron chi connectivity index (χ0n) is 17.1. The normalized spacial score (nSPS) is 15.1. The van der Waals surface area contributed by atoms with Crippen LogP contribution in [0.5, 0.6) is 0 Å². The van der Waals surface area contributed by atoms with Gasteiger partial charge in [-0.05, 0) is 49.1 Å². The van der Waals surface area contributed by atoms with Crippen LogP contribution in [-0.4, -0.2) is 45.8 Å². The molecule has 1 heterocycles. The highest BCUT2D eigenvalue weighted by Crippen LogP contribution is 2.24. The Bertz CT molecular complexity index is 934. The number of benzene rings is 2. The van der Waals surface area contributed by atoms with Crippen LogP contribution in [0.15, 0.2) is 53.4 Å². The quantitative estimate of drug-likeness (QED) is 0.751. The molecule has 0 unspecified atom stereocenters. The first-order chi connectivity index (χ1) is 13.9. The fourth-order valence-corrected chi connectivity index (χ4v) is 5.04. The van der Waals surface area contributed by atoms with Crippen LogP contribution < -0.4 is 10.2 Å². The number of anilines is 2. The molecule has 1 saturated heterocycles. The molecule has 156 valence electrons. The molecule has 0 aromatic heterocycles. The first kappa shape index (κ1) is 21.3. The number of hydrogen-bond donors (Lipinski definition) is 1. The molecule has 1 aliphatic heterocycles. The Kier molecular flexibility index (Phi) is 6.92. The average molecular weight is 416 g/mol. The number of sulfonamides is 1. The van der Waals surface area contributed by atoms with Crippen LogP contribution in [0.1, 0.15) is 31.2 Å². The van der Waals surface area contributed by atoms with Crippen molar-refractivity contribution in [3.8, 4) is 0 Å². The third kappa shape index (κ3) is 5.36. The second-order valence-corrected chi connectivity index (χ2v) is 9.51. The van der Waals surface area contributed by atoms with Crippen LogP contribution in [0.4, 0.5) is 11.4 Å². The number of amides is 1. The van der Waals surface area contributed by atoms with Gasteiger partial charge in [-0.3, -0.25) is 4.79 Å². The van der Waals surface area contributed by atoms with Gasteiger partial charge < -0.3 is 10.2 Å². The largest absolute Gasteiger partial charge is 0.376 e. The molecule has 0 bridgehead atoms. The summed E-state index contributed by atoms with van der Waals surface area (Å²) in [5.74, 6) is -0.0654. The summed E-state index contributed by atoms with van der Waals surface area (Å²) >= 11 is 0. The van der Waals surface area contributed by atoms with Crippen LogP contribution in [0.25, 0.3) is 0 Å². The summed E-state index contributed by atoms with van der Waals surface area (Å²) in [4.78, 5) is 14.6. The van der Waals surface area contributed by atoms with Gasteiger partial charge in [-0.15, -0.1) is 0 Å². The van der Waals surface area contributed by atoms with E-state index in [1.807, 2.05) is 43.3 Å². The highest BCUT2D eigenvalue weighted by Gasteiger charge is 2.25. The van der Waals surface area contributed by atoms with E-state index in [1.54, 1.807) is 28.6 Å². The van der Waals surface area contributed by atoms with Crippen LogP contribution in [0, 0.1) is 0 Å². The van der Waals surface area contributed by atoms with Crippen molar-refractivity contribution < 1.29 is 13.2 Å². The van der Waals surface area contributed by atoms with Crippen LogP contribution in [-0.2, 0) is 21.2 Å². The molecule has 3 rings (SSSR count). The van der Waals surface area contributed by atoms with Crippen molar-refractivity contribution in [1.29, 1.82) is 0 Å². The van der Waals surface area contributed by atoms with Crippen molar-refractivity contribution >= 4 is 27.3 Å². The van der Waals surface area contributed by atoms with Gasteiger partial charge in [0.15, 0.2) is 0 Å². The average Bonchev–Trinajstić information content (AvgIpc) is 2.73. The van der Waals surface area contributed by atoms with Crippen LogP contribution in [0.3, 0.4) is 0 Å². The molecule has 7 heteroatoms. The first-order valence-electron chi connectivity index (χ1n) is 10.0. The molecule has 2 aromatic carbocycles. The van der Waals surface area contributed by atoms with E-state index in [-0.39, 0.29) is 5.91 Å². The highest BCUT2D eigenvalue weighted by molar-refractivity contribution is 7.89. The zero-order chi connectivity index (χ0) is 20.9. The maximum Gasteiger partial charge on any atom is 0.243 e. The van der Waals surface area contributed by atoms with Crippen molar-refractivity contribution in [3.63, 3.8) is 0 Å². The van der Waals surface area contributed by atoms with Gasteiger partial charge in [-0.2, -0.15) is 4.31 Å².